The second-order valence-corrected chi connectivity index (χ2v) is 6.46. The number of esters is 1. The SMILES string of the molecule is CCOC(=O)c1ccccc1CC(C(=O)c1ccc(C)cc1)=C1NCCN1. The number of ketones is 1. The highest BCUT2D eigenvalue weighted by Gasteiger charge is 2.22. The quantitative estimate of drug-likeness (QED) is 0.469. The first kappa shape index (κ1) is 18.7. The van der Waals surface area contributed by atoms with Gasteiger partial charge in [0.2, 0.25) is 0 Å². The van der Waals surface area contributed by atoms with Crippen molar-refractivity contribution in [2.24, 2.45) is 0 Å². The highest BCUT2D eigenvalue weighted by atomic mass is 16.5. The van der Waals surface area contributed by atoms with E-state index in [-0.39, 0.29) is 11.8 Å². The molecule has 0 saturated carbocycles. The van der Waals surface area contributed by atoms with Gasteiger partial charge in [-0.3, -0.25) is 4.79 Å². The molecule has 2 aromatic rings. The van der Waals surface area contributed by atoms with Gasteiger partial charge in [0, 0.05) is 30.6 Å². The maximum absolute atomic E-state index is 13.2. The van der Waals surface area contributed by atoms with Crippen molar-refractivity contribution < 1.29 is 14.3 Å². The Morgan fingerprint density at radius 1 is 1.00 bits per heavy atom. The van der Waals surface area contributed by atoms with Crippen LogP contribution in [-0.4, -0.2) is 31.4 Å². The third kappa shape index (κ3) is 4.37. The summed E-state index contributed by atoms with van der Waals surface area (Å²) < 4.78 is 5.16. The summed E-state index contributed by atoms with van der Waals surface area (Å²) in [6, 6.07) is 14.8. The van der Waals surface area contributed by atoms with Crippen molar-refractivity contribution in [1.29, 1.82) is 0 Å². The Labute approximate surface area is 159 Å². The summed E-state index contributed by atoms with van der Waals surface area (Å²) in [4.78, 5) is 25.5. The number of rotatable bonds is 6. The summed E-state index contributed by atoms with van der Waals surface area (Å²) in [6.45, 7) is 5.61. The molecule has 2 aromatic carbocycles. The molecule has 1 saturated heterocycles. The predicted molar refractivity (Wildman–Crippen MR) is 105 cm³/mol. The lowest BCUT2D eigenvalue weighted by atomic mass is 9.94. The van der Waals surface area contributed by atoms with Crippen molar-refractivity contribution in [1.82, 2.24) is 10.6 Å². The monoisotopic (exact) mass is 364 g/mol. The lowest BCUT2D eigenvalue weighted by Gasteiger charge is -2.14. The van der Waals surface area contributed by atoms with Gasteiger partial charge in [-0.15, -0.1) is 0 Å². The molecule has 1 heterocycles. The van der Waals surface area contributed by atoms with Crippen LogP contribution in [-0.2, 0) is 11.2 Å². The Morgan fingerprint density at radius 2 is 1.67 bits per heavy atom. The van der Waals surface area contributed by atoms with Crippen LogP contribution in [0.5, 0.6) is 0 Å². The maximum Gasteiger partial charge on any atom is 0.338 e. The number of allylic oxidation sites excluding steroid dienone is 1. The number of benzene rings is 2. The summed E-state index contributed by atoms with van der Waals surface area (Å²) >= 11 is 0. The topological polar surface area (TPSA) is 67.4 Å². The fourth-order valence-electron chi connectivity index (χ4n) is 3.09. The Hall–Kier alpha value is -3.08. The fraction of sp³-hybridized carbons (Fsp3) is 0.273. The van der Waals surface area contributed by atoms with Crippen LogP contribution in [0.2, 0.25) is 0 Å². The van der Waals surface area contributed by atoms with Crippen LogP contribution in [0.1, 0.15) is 38.8 Å². The minimum Gasteiger partial charge on any atom is -0.462 e. The van der Waals surface area contributed by atoms with E-state index in [0.717, 1.165) is 30.0 Å². The van der Waals surface area contributed by atoms with Crippen LogP contribution < -0.4 is 10.6 Å². The van der Waals surface area contributed by atoms with E-state index >= 15 is 0 Å². The zero-order valence-electron chi connectivity index (χ0n) is 15.7. The lowest BCUT2D eigenvalue weighted by molar-refractivity contribution is 0.0525. The number of carbonyl (C=O) groups excluding carboxylic acids is 2. The number of carbonyl (C=O) groups is 2. The molecule has 1 fully saturated rings. The van der Waals surface area contributed by atoms with E-state index in [1.807, 2.05) is 43.3 Å². The molecule has 0 spiro atoms. The van der Waals surface area contributed by atoms with E-state index in [0.29, 0.717) is 29.7 Å². The van der Waals surface area contributed by atoms with Crippen molar-refractivity contribution in [2.45, 2.75) is 20.3 Å². The number of ether oxygens (including phenoxy) is 1. The van der Waals surface area contributed by atoms with Gasteiger partial charge in [-0.2, -0.15) is 0 Å². The van der Waals surface area contributed by atoms with Crippen LogP contribution in [0.4, 0.5) is 0 Å². The molecule has 0 bridgehead atoms. The third-order valence-electron chi connectivity index (χ3n) is 4.50. The zero-order chi connectivity index (χ0) is 19.2. The second kappa shape index (κ2) is 8.54. The molecule has 0 aromatic heterocycles. The average molecular weight is 364 g/mol. The molecule has 1 aliphatic rings. The molecule has 27 heavy (non-hydrogen) atoms. The van der Waals surface area contributed by atoms with E-state index in [1.54, 1.807) is 19.1 Å². The summed E-state index contributed by atoms with van der Waals surface area (Å²) in [5.41, 5.74) is 3.62. The van der Waals surface area contributed by atoms with E-state index in [4.69, 9.17) is 4.74 Å². The number of hydrogen-bond acceptors (Lipinski definition) is 5. The largest absolute Gasteiger partial charge is 0.462 e. The minimum absolute atomic E-state index is 0.0504. The Kier molecular flexibility index (Phi) is 5.91. The fourth-order valence-corrected chi connectivity index (χ4v) is 3.09. The lowest BCUT2D eigenvalue weighted by Crippen LogP contribution is -2.21. The Morgan fingerprint density at radius 3 is 2.33 bits per heavy atom. The van der Waals surface area contributed by atoms with E-state index in [2.05, 4.69) is 10.6 Å². The molecule has 5 nitrogen and oxygen atoms in total. The first-order chi connectivity index (χ1) is 13.1. The van der Waals surface area contributed by atoms with Crippen LogP contribution in [0, 0.1) is 6.92 Å². The molecule has 0 amide bonds. The molecule has 1 aliphatic heterocycles. The molecule has 0 atom stereocenters. The normalized spacial score (nSPS) is 12.9. The van der Waals surface area contributed by atoms with Gasteiger partial charge in [-0.25, -0.2) is 4.79 Å². The van der Waals surface area contributed by atoms with Crippen molar-refractivity contribution in [2.75, 3.05) is 19.7 Å². The van der Waals surface area contributed by atoms with E-state index in [9.17, 15) is 9.59 Å². The molecule has 3 rings (SSSR count). The number of hydrogen-bond donors (Lipinski definition) is 2. The summed E-state index contributed by atoms with van der Waals surface area (Å²) in [7, 11) is 0. The van der Waals surface area contributed by atoms with Gasteiger partial charge in [0.1, 0.15) is 5.82 Å². The van der Waals surface area contributed by atoms with E-state index in [1.165, 1.54) is 0 Å². The van der Waals surface area contributed by atoms with Gasteiger partial charge in [-0.1, -0.05) is 48.0 Å². The van der Waals surface area contributed by atoms with Crippen LogP contribution in [0.25, 0.3) is 0 Å². The van der Waals surface area contributed by atoms with Crippen LogP contribution in [0.3, 0.4) is 0 Å². The highest BCUT2D eigenvalue weighted by molar-refractivity contribution is 6.09. The average Bonchev–Trinajstić information content (AvgIpc) is 3.21. The molecular weight excluding hydrogens is 340 g/mol. The molecule has 0 radical (unpaired) electrons. The van der Waals surface area contributed by atoms with Crippen molar-refractivity contribution in [3.8, 4) is 0 Å². The van der Waals surface area contributed by atoms with Gasteiger partial charge >= 0.3 is 5.97 Å². The summed E-state index contributed by atoms with van der Waals surface area (Å²) in [5, 5.41) is 6.49. The van der Waals surface area contributed by atoms with Crippen LogP contribution in [0.15, 0.2) is 59.9 Å². The molecular formula is C22H24N2O3. The Balaban J connectivity index is 1.97. The van der Waals surface area contributed by atoms with Gasteiger partial charge < -0.3 is 15.4 Å². The smallest absolute Gasteiger partial charge is 0.338 e. The van der Waals surface area contributed by atoms with Crippen LogP contribution >= 0.6 is 0 Å². The molecule has 5 heteroatoms. The predicted octanol–water partition coefficient (Wildman–Crippen LogP) is 3.00. The number of nitrogens with one attached hydrogen (secondary N) is 2. The van der Waals surface area contributed by atoms with E-state index < -0.39 is 0 Å². The van der Waals surface area contributed by atoms with Gasteiger partial charge in [-0.05, 0) is 25.5 Å². The number of aryl methyl sites for hydroxylation is 1. The summed E-state index contributed by atoms with van der Waals surface area (Å²) in [5.74, 6) is 0.317. The van der Waals surface area contributed by atoms with Crippen molar-refractivity contribution >= 4 is 11.8 Å². The first-order valence-corrected chi connectivity index (χ1v) is 9.17. The second-order valence-electron chi connectivity index (χ2n) is 6.46. The van der Waals surface area contributed by atoms with Crippen molar-refractivity contribution in [3.05, 3.63) is 82.2 Å². The van der Waals surface area contributed by atoms with Crippen molar-refractivity contribution in [3.63, 3.8) is 0 Å². The molecule has 0 unspecified atom stereocenters. The van der Waals surface area contributed by atoms with Gasteiger partial charge in [0.25, 0.3) is 0 Å². The Bertz CT molecular complexity index is 861. The zero-order valence-corrected chi connectivity index (χ0v) is 15.7. The first-order valence-electron chi connectivity index (χ1n) is 9.17. The molecule has 0 aliphatic carbocycles. The third-order valence-corrected chi connectivity index (χ3v) is 4.50. The highest BCUT2D eigenvalue weighted by Crippen LogP contribution is 2.21. The van der Waals surface area contributed by atoms with Gasteiger partial charge in [0.05, 0.1) is 12.2 Å². The minimum atomic E-state index is -0.368. The van der Waals surface area contributed by atoms with Gasteiger partial charge in [0.15, 0.2) is 5.78 Å². The molecule has 2 N–H and O–H groups in total. The maximum atomic E-state index is 13.2. The molecule has 140 valence electrons. The summed E-state index contributed by atoms with van der Waals surface area (Å²) in [6.07, 6.45) is 0.344. The number of Topliss-reactive ketones (excluding diaryl/α,β-unsaturated/α-hetero) is 1. The standard InChI is InChI=1S/C22H24N2O3/c1-3-27-22(26)18-7-5-4-6-17(18)14-19(21-23-12-13-24-21)20(25)16-10-8-15(2)9-11-16/h4-11,23-24H,3,12-14H2,1-2H3.